The molecule has 0 saturated heterocycles. The van der Waals surface area contributed by atoms with E-state index >= 15 is 0 Å². The molecule has 0 saturated carbocycles. The topological polar surface area (TPSA) is 33.0 Å². The number of nitrogens with zero attached hydrogens (tertiary/aromatic N) is 1. The normalized spacial score (nSPS) is 10.5. The van der Waals surface area contributed by atoms with Gasteiger partial charge in [-0.15, -0.1) is 0 Å². The highest BCUT2D eigenvalue weighted by molar-refractivity contribution is 5.42. The van der Waals surface area contributed by atoms with Crippen LogP contribution < -0.4 is 4.74 Å². The molecular weight excluding hydrogens is 200 g/mol. The molecule has 0 aromatic heterocycles. The second-order valence-electron chi connectivity index (χ2n) is 3.18. The van der Waals surface area contributed by atoms with Crippen LogP contribution in [0.15, 0.2) is 18.2 Å². The summed E-state index contributed by atoms with van der Waals surface area (Å²) in [6.07, 6.45) is 0. The van der Waals surface area contributed by atoms with Crippen LogP contribution in [0.25, 0.3) is 0 Å². The standard InChI is InChI=1S/C11H10F2NO/c1-7(2)9-3-8(6-14)4-10(5-9)15-11(12)13/h3-5,7,11H,1H2,2H3. The summed E-state index contributed by atoms with van der Waals surface area (Å²) in [6.45, 7) is 2.68. The predicted octanol–water partition coefficient (Wildman–Crippen LogP) is 3.10. The molecule has 2 nitrogen and oxygen atoms in total. The Hall–Kier alpha value is -1.63. The summed E-state index contributed by atoms with van der Waals surface area (Å²) in [4.78, 5) is 0. The molecule has 15 heavy (non-hydrogen) atoms. The van der Waals surface area contributed by atoms with Gasteiger partial charge in [0.05, 0.1) is 11.6 Å². The molecule has 1 aromatic carbocycles. The Bertz CT molecular complexity index is 383. The van der Waals surface area contributed by atoms with E-state index in [0.717, 1.165) is 0 Å². The van der Waals surface area contributed by atoms with Gasteiger partial charge in [0, 0.05) is 0 Å². The largest absolute Gasteiger partial charge is 0.435 e. The van der Waals surface area contributed by atoms with Gasteiger partial charge < -0.3 is 4.74 Å². The maximum atomic E-state index is 12.0. The number of ether oxygens (including phenoxy) is 1. The van der Waals surface area contributed by atoms with Crippen LogP contribution in [0, 0.1) is 18.3 Å². The lowest BCUT2D eigenvalue weighted by Gasteiger charge is -2.09. The molecule has 1 aromatic rings. The van der Waals surface area contributed by atoms with Crippen LogP contribution in [0.3, 0.4) is 0 Å². The maximum Gasteiger partial charge on any atom is 0.387 e. The van der Waals surface area contributed by atoms with Gasteiger partial charge in [-0.3, -0.25) is 0 Å². The van der Waals surface area contributed by atoms with Crippen molar-refractivity contribution in [1.29, 1.82) is 5.26 Å². The lowest BCUT2D eigenvalue weighted by Crippen LogP contribution is -2.03. The van der Waals surface area contributed by atoms with Crippen LogP contribution in [0.5, 0.6) is 5.75 Å². The van der Waals surface area contributed by atoms with Crippen LogP contribution in [-0.4, -0.2) is 6.61 Å². The molecule has 79 valence electrons. The van der Waals surface area contributed by atoms with Crippen molar-refractivity contribution in [3.05, 3.63) is 36.2 Å². The number of alkyl halides is 2. The van der Waals surface area contributed by atoms with Gasteiger partial charge in [-0.2, -0.15) is 14.0 Å². The summed E-state index contributed by atoms with van der Waals surface area (Å²) in [5.41, 5.74) is 0.989. The summed E-state index contributed by atoms with van der Waals surface area (Å²) >= 11 is 0. The number of benzene rings is 1. The van der Waals surface area contributed by atoms with Gasteiger partial charge in [-0.1, -0.05) is 6.92 Å². The van der Waals surface area contributed by atoms with Crippen molar-refractivity contribution < 1.29 is 13.5 Å². The van der Waals surface area contributed by atoms with Gasteiger partial charge >= 0.3 is 6.61 Å². The first kappa shape index (κ1) is 11.4. The third-order valence-corrected chi connectivity index (χ3v) is 1.85. The van der Waals surface area contributed by atoms with Crippen LogP contribution in [0.2, 0.25) is 0 Å². The lowest BCUT2D eigenvalue weighted by molar-refractivity contribution is -0.0499. The van der Waals surface area contributed by atoms with Crippen molar-refractivity contribution in [1.82, 2.24) is 0 Å². The SMILES string of the molecule is [CH2]C(C)c1cc(C#N)cc(OC(F)F)c1. The molecule has 1 atom stereocenters. The summed E-state index contributed by atoms with van der Waals surface area (Å²) < 4.78 is 28.2. The molecule has 0 N–H and O–H groups in total. The van der Waals surface area contributed by atoms with Gasteiger partial charge in [-0.25, -0.2) is 0 Å². The fourth-order valence-electron chi connectivity index (χ4n) is 1.14. The van der Waals surface area contributed by atoms with Gasteiger partial charge in [-0.05, 0) is 36.6 Å². The third kappa shape index (κ3) is 3.21. The molecule has 4 heteroatoms. The highest BCUT2D eigenvalue weighted by Crippen LogP contribution is 2.23. The van der Waals surface area contributed by atoms with Crippen molar-refractivity contribution in [2.24, 2.45) is 0 Å². The fourth-order valence-corrected chi connectivity index (χ4v) is 1.14. The molecule has 0 bridgehead atoms. The highest BCUT2D eigenvalue weighted by atomic mass is 19.3. The van der Waals surface area contributed by atoms with Crippen LogP contribution in [0.4, 0.5) is 8.78 Å². The summed E-state index contributed by atoms with van der Waals surface area (Å²) in [7, 11) is 0. The molecule has 1 radical (unpaired) electrons. The quantitative estimate of drug-likeness (QED) is 0.767. The smallest absolute Gasteiger partial charge is 0.387 e. The van der Waals surface area contributed by atoms with Crippen LogP contribution in [0.1, 0.15) is 24.0 Å². The first-order chi connectivity index (χ1) is 7.02. The average Bonchev–Trinajstić information content (AvgIpc) is 2.16. The van der Waals surface area contributed by atoms with E-state index in [-0.39, 0.29) is 11.7 Å². The molecule has 1 rings (SSSR count). The minimum atomic E-state index is -2.88. The monoisotopic (exact) mass is 210 g/mol. The van der Waals surface area contributed by atoms with E-state index < -0.39 is 6.61 Å². The molecule has 0 spiro atoms. The Balaban J connectivity index is 3.07. The first-order valence-electron chi connectivity index (χ1n) is 4.36. The molecule has 1 unspecified atom stereocenters. The Kier molecular flexibility index (Phi) is 3.62. The fraction of sp³-hybridized carbons (Fsp3) is 0.273. The Morgan fingerprint density at radius 2 is 2.07 bits per heavy atom. The summed E-state index contributed by atoms with van der Waals surface area (Å²) in [5, 5.41) is 8.69. The number of rotatable bonds is 3. The molecule has 0 amide bonds. The number of hydrogen-bond acceptors (Lipinski definition) is 2. The van der Waals surface area contributed by atoms with E-state index in [0.29, 0.717) is 11.1 Å². The zero-order valence-electron chi connectivity index (χ0n) is 8.21. The average molecular weight is 210 g/mol. The van der Waals surface area contributed by atoms with Crippen molar-refractivity contribution in [2.45, 2.75) is 19.5 Å². The molecule has 0 aliphatic heterocycles. The van der Waals surface area contributed by atoms with Crippen molar-refractivity contribution in [3.63, 3.8) is 0 Å². The molecule has 0 fully saturated rings. The van der Waals surface area contributed by atoms with Crippen LogP contribution in [-0.2, 0) is 0 Å². The van der Waals surface area contributed by atoms with Gasteiger partial charge in [0.2, 0.25) is 0 Å². The molecule has 0 aliphatic rings. The van der Waals surface area contributed by atoms with E-state index in [2.05, 4.69) is 11.7 Å². The zero-order chi connectivity index (χ0) is 11.4. The van der Waals surface area contributed by atoms with E-state index in [1.807, 2.05) is 13.0 Å². The van der Waals surface area contributed by atoms with E-state index in [4.69, 9.17) is 5.26 Å². The van der Waals surface area contributed by atoms with E-state index in [9.17, 15) is 8.78 Å². The lowest BCUT2D eigenvalue weighted by atomic mass is 10.0. The molecule has 0 heterocycles. The Morgan fingerprint density at radius 3 is 2.53 bits per heavy atom. The number of hydrogen-bond donors (Lipinski definition) is 0. The Morgan fingerprint density at radius 1 is 1.40 bits per heavy atom. The Labute approximate surface area is 87.1 Å². The molecular formula is C11H10F2NO. The summed E-state index contributed by atoms with van der Waals surface area (Å²) in [5.74, 6) is -0.0899. The first-order valence-corrected chi connectivity index (χ1v) is 4.36. The number of nitriles is 1. The van der Waals surface area contributed by atoms with E-state index in [1.165, 1.54) is 12.1 Å². The van der Waals surface area contributed by atoms with Crippen LogP contribution >= 0.6 is 0 Å². The predicted molar refractivity (Wildman–Crippen MR) is 51.6 cm³/mol. The molecule has 0 aliphatic carbocycles. The van der Waals surface area contributed by atoms with Crippen molar-refractivity contribution in [3.8, 4) is 11.8 Å². The minimum Gasteiger partial charge on any atom is -0.435 e. The van der Waals surface area contributed by atoms with Crippen molar-refractivity contribution in [2.75, 3.05) is 0 Å². The summed E-state index contributed by atoms with van der Waals surface area (Å²) in [6, 6.07) is 6.23. The number of halogens is 2. The van der Waals surface area contributed by atoms with Gasteiger partial charge in [0.15, 0.2) is 0 Å². The van der Waals surface area contributed by atoms with Crippen molar-refractivity contribution >= 4 is 0 Å². The van der Waals surface area contributed by atoms with E-state index in [1.54, 1.807) is 6.07 Å². The minimum absolute atomic E-state index is 0.00505. The second kappa shape index (κ2) is 4.74. The van der Waals surface area contributed by atoms with Gasteiger partial charge in [0.25, 0.3) is 0 Å². The highest BCUT2D eigenvalue weighted by Gasteiger charge is 2.09. The second-order valence-corrected chi connectivity index (χ2v) is 3.18. The maximum absolute atomic E-state index is 12.0. The van der Waals surface area contributed by atoms with Gasteiger partial charge in [0.1, 0.15) is 5.75 Å². The third-order valence-electron chi connectivity index (χ3n) is 1.85. The zero-order valence-corrected chi connectivity index (χ0v) is 8.21.